The van der Waals surface area contributed by atoms with Gasteiger partial charge in [-0.2, -0.15) is 0 Å². The molecular formula is C40H39ClN4O5. The van der Waals surface area contributed by atoms with Crippen molar-refractivity contribution >= 4 is 22.8 Å². The van der Waals surface area contributed by atoms with Gasteiger partial charge in [0.15, 0.2) is 10.8 Å². The molecule has 256 valence electrons. The van der Waals surface area contributed by atoms with E-state index in [1.807, 2.05) is 102 Å². The Labute approximate surface area is 296 Å². The molecule has 5 atom stereocenters. The predicted molar refractivity (Wildman–Crippen MR) is 190 cm³/mol. The third-order valence-electron chi connectivity index (χ3n) is 8.72. The third kappa shape index (κ3) is 8.62. The fraction of sp³-hybridized carbons (Fsp3) is 0.275. The minimum absolute atomic E-state index is 0.240. The van der Waals surface area contributed by atoms with Crippen LogP contribution in [0, 0.1) is 0 Å². The number of hydrogen-bond donors (Lipinski definition) is 0. The Bertz CT molecular complexity index is 1900. The fourth-order valence-corrected chi connectivity index (χ4v) is 6.36. The summed E-state index contributed by atoms with van der Waals surface area (Å²) >= 11 is 6.44. The molecule has 4 aromatic carbocycles. The Kier molecular flexibility index (Phi) is 11.5. The zero-order chi connectivity index (χ0) is 34.0. The number of benzene rings is 4. The number of ether oxygens (including phenoxy) is 5. The van der Waals surface area contributed by atoms with Crippen LogP contribution < -0.4 is 0 Å². The first-order valence-corrected chi connectivity index (χ1v) is 17.2. The van der Waals surface area contributed by atoms with Crippen molar-refractivity contribution < 1.29 is 23.7 Å². The molecule has 1 fully saturated rings. The maximum Gasteiger partial charge on any atom is 0.166 e. The lowest BCUT2D eigenvalue weighted by Gasteiger charge is -2.34. The van der Waals surface area contributed by atoms with Gasteiger partial charge in [-0.15, -0.1) is 0 Å². The Balaban J connectivity index is 1.26. The van der Waals surface area contributed by atoms with Crippen molar-refractivity contribution in [1.29, 1.82) is 0 Å². The minimum atomic E-state index is -0.575. The summed E-state index contributed by atoms with van der Waals surface area (Å²) in [6.07, 6.45) is 0.842. The van der Waals surface area contributed by atoms with E-state index in [-0.39, 0.29) is 11.8 Å². The van der Waals surface area contributed by atoms with Crippen LogP contribution in [0.25, 0.3) is 11.2 Å². The minimum Gasteiger partial charge on any atom is -0.374 e. The summed E-state index contributed by atoms with van der Waals surface area (Å²) in [5, 5.41) is 0.273. The Morgan fingerprint density at radius 2 is 1.14 bits per heavy atom. The molecule has 1 aliphatic rings. The van der Waals surface area contributed by atoms with Crippen molar-refractivity contribution in [3.63, 3.8) is 0 Å². The molecule has 0 bridgehead atoms. The van der Waals surface area contributed by atoms with Crippen molar-refractivity contribution in [3.8, 4) is 0 Å². The van der Waals surface area contributed by atoms with Gasteiger partial charge in [0, 0.05) is 6.42 Å². The van der Waals surface area contributed by atoms with Crippen molar-refractivity contribution in [2.45, 2.75) is 63.5 Å². The quantitative estimate of drug-likeness (QED) is 0.107. The molecule has 50 heavy (non-hydrogen) atoms. The number of hydrogen-bond acceptors (Lipinski definition) is 8. The monoisotopic (exact) mass is 690 g/mol. The first-order valence-electron chi connectivity index (χ1n) is 16.8. The smallest absolute Gasteiger partial charge is 0.166 e. The van der Waals surface area contributed by atoms with Crippen molar-refractivity contribution in [2.24, 2.45) is 0 Å². The summed E-state index contributed by atoms with van der Waals surface area (Å²) in [5.74, 6) is 0. The number of halogens is 1. The fourth-order valence-electron chi connectivity index (χ4n) is 6.18. The second-order valence-electron chi connectivity index (χ2n) is 12.2. The highest BCUT2D eigenvalue weighted by molar-refractivity contribution is 6.33. The van der Waals surface area contributed by atoms with E-state index in [4.69, 9.17) is 35.3 Å². The highest BCUT2D eigenvalue weighted by atomic mass is 35.5. The summed E-state index contributed by atoms with van der Waals surface area (Å²) in [7, 11) is 0. The van der Waals surface area contributed by atoms with Gasteiger partial charge in [-0.3, -0.25) is 4.57 Å². The third-order valence-corrected chi connectivity index (χ3v) is 8.99. The van der Waals surface area contributed by atoms with E-state index in [0.717, 1.165) is 22.3 Å². The molecule has 1 saturated heterocycles. The van der Waals surface area contributed by atoms with Crippen LogP contribution in [0.15, 0.2) is 134 Å². The average molecular weight is 691 g/mol. The number of fused-ring (bicyclic) bond motifs is 1. The van der Waals surface area contributed by atoms with Crippen LogP contribution in [-0.2, 0) is 50.1 Å². The molecule has 2 aromatic heterocycles. The summed E-state index contributed by atoms with van der Waals surface area (Å²) in [4.78, 5) is 13.2. The number of aromatic nitrogens is 4. The van der Waals surface area contributed by atoms with E-state index >= 15 is 0 Å². The average Bonchev–Trinajstić information content (AvgIpc) is 3.55. The van der Waals surface area contributed by atoms with Crippen LogP contribution in [0.1, 0.15) is 34.9 Å². The Morgan fingerprint density at radius 3 is 1.72 bits per heavy atom. The van der Waals surface area contributed by atoms with Crippen LogP contribution in [0.5, 0.6) is 0 Å². The molecule has 10 heteroatoms. The molecule has 0 aliphatic carbocycles. The van der Waals surface area contributed by atoms with Crippen molar-refractivity contribution in [3.05, 3.63) is 161 Å². The lowest BCUT2D eigenvalue weighted by atomic mass is 10.0. The highest BCUT2D eigenvalue weighted by Gasteiger charge is 2.44. The normalized spacial score (nSPS) is 20.9. The molecular weight excluding hydrogens is 652 g/mol. The zero-order valence-corrected chi connectivity index (χ0v) is 28.3. The Hall–Kier alpha value is -4.48. The molecule has 0 spiro atoms. The van der Waals surface area contributed by atoms with Gasteiger partial charge in [0.2, 0.25) is 0 Å². The molecule has 9 nitrogen and oxygen atoms in total. The van der Waals surface area contributed by atoms with Crippen LogP contribution in [0.3, 0.4) is 0 Å². The molecule has 0 unspecified atom stereocenters. The van der Waals surface area contributed by atoms with Crippen LogP contribution >= 0.6 is 11.6 Å². The molecule has 7 rings (SSSR count). The van der Waals surface area contributed by atoms with Gasteiger partial charge in [0.25, 0.3) is 0 Å². The molecule has 0 saturated carbocycles. The molecule has 1 aliphatic heterocycles. The van der Waals surface area contributed by atoms with Crippen LogP contribution in [0.4, 0.5) is 0 Å². The highest BCUT2D eigenvalue weighted by Crippen LogP contribution is 2.35. The van der Waals surface area contributed by atoms with Gasteiger partial charge in [0.05, 0.1) is 45.5 Å². The van der Waals surface area contributed by atoms with Gasteiger partial charge in [0.1, 0.15) is 36.4 Å². The van der Waals surface area contributed by atoms with Gasteiger partial charge in [-0.25, -0.2) is 15.0 Å². The summed E-state index contributed by atoms with van der Waals surface area (Å²) in [6, 6.07) is 40.4. The molecule has 0 N–H and O–H groups in total. The maximum atomic E-state index is 7.02. The Morgan fingerprint density at radius 1 is 0.620 bits per heavy atom. The van der Waals surface area contributed by atoms with Gasteiger partial charge < -0.3 is 23.7 Å². The van der Waals surface area contributed by atoms with Gasteiger partial charge in [-0.05, 0) is 22.3 Å². The first-order chi connectivity index (χ1) is 24.7. The van der Waals surface area contributed by atoms with Crippen molar-refractivity contribution in [2.75, 3.05) is 6.61 Å². The van der Waals surface area contributed by atoms with E-state index < -0.39 is 30.6 Å². The standard InChI is InChI=1S/C40H39ClN4O5/c41-39-36-40(43-27-42-39)45(28-44-36)35-21-33(47-23-30-15-7-2-8-16-30)37(48-24-31-17-9-3-10-18-31)38(49-25-32-19-11-4-12-20-32)34(50-35)26-46-22-29-13-5-1-6-14-29/h1-20,27-28,33-35,37-38H,21-26H2/t33-,34+,35+,37-,38-/m0/s1. The molecule has 0 radical (unpaired) electrons. The number of rotatable bonds is 14. The summed E-state index contributed by atoms with van der Waals surface area (Å²) in [5.41, 5.74) is 5.25. The van der Waals surface area contributed by atoms with Crippen LogP contribution in [-0.4, -0.2) is 50.5 Å². The topological polar surface area (TPSA) is 89.8 Å². The van der Waals surface area contributed by atoms with Crippen molar-refractivity contribution in [1.82, 2.24) is 19.5 Å². The maximum absolute atomic E-state index is 7.02. The predicted octanol–water partition coefficient (Wildman–Crippen LogP) is 7.74. The molecule has 0 amide bonds. The van der Waals surface area contributed by atoms with E-state index in [2.05, 4.69) is 39.2 Å². The van der Waals surface area contributed by atoms with Crippen LogP contribution in [0.2, 0.25) is 5.15 Å². The first kappa shape index (κ1) is 34.0. The lowest BCUT2D eigenvalue weighted by Crippen LogP contribution is -2.48. The largest absolute Gasteiger partial charge is 0.374 e. The SMILES string of the molecule is Clc1ncnc2c1ncn2[C@H]1C[C@H](OCc2ccccc2)[C@H](OCc2ccccc2)[C@@H](OCc2ccccc2)[C@@H](COCc2ccccc2)O1. The van der Waals surface area contributed by atoms with E-state index in [1.54, 1.807) is 6.33 Å². The second kappa shape index (κ2) is 17.0. The van der Waals surface area contributed by atoms with E-state index in [0.29, 0.717) is 44.0 Å². The summed E-state index contributed by atoms with van der Waals surface area (Å²) < 4.78 is 35.8. The van der Waals surface area contributed by atoms with E-state index in [1.165, 1.54) is 6.33 Å². The lowest BCUT2D eigenvalue weighted by molar-refractivity contribution is -0.184. The van der Waals surface area contributed by atoms with E-state index in [9.17, 15) is 0 Å². The number of nitrogens with zero attached hydrogens (tertiary/aromatic N) is 4. The molecule has 3 heterocycles. The van der Waals surface area contributed by atoms with Gasteiger partial charge >= 0.3 is 0 Å². The second-order valence-corrected chi connectivity index (χ2v) is 12.6. The summed E-state index contributed by atoms with van der Waals surface area (Å²) in [6.45, 7) is 1.74. The zero-order valence-electron chi connectivity index (χ0n) is 27.5. The molecule has 6 aromatic rings. The van der Waals surface area contributed by atoms with Gasteiger partial charge in [-0.1, -0.05) is 133 Å². The number of imidazole rings is 1.